The van der Waals surface area contributed by atoms with E-state index in [-0.39, 0.29) is 18.1 Å². The summed E-state index contributed by atoms with van der Waals surface area (Å²) in [5, 5.41) is 2.47. The number of carbonyl (C=O) groups is 2. The number of ether oxygens (including phenoxy) is 1. The Balaban J connectivity index is 1.91. The third-order valence-electron chi connectivity index (χ3n) is 5.61. The molecule has 1 N–H and O–H groups in total. The molecule has 1 aliphatic rings. The summed E-state index contributed by atoms with van der Waals surface area (Å²) in [6.07, 6.45) is -9.69. The van der Waals surface area contributed by atoms with Crippen LogP contribution in [0, 0.1) is 0 Å². The van der Waals surface area contributed by atoms with E-state index in [2.05, 4.69) is 10.1 Å². The van der Waals surface area contributed by atoms with Crippen LogP contribution in [-0.4, -0.2) is 42.4 Å². The second-order valence-electron chi connectivity index (χ2n) is 7.56. The van der Waals surface area contributed by atoms with Crippen molar-refractivity contribution in [1.82, 2.24) is 4.90 Å². The Morgan fingerprint density at radius 2 is 1.62 bits per heavy atom. The van der Waals surface area contributed by atoms with Crippen molar-refractivity contribution < 1.29 is 40.7 Å². The summed E-state index contributed by atoms with van der Waals surface area (Å²) in [7, 11) is 0.326. The van der Waals surface area contributed by atoms with Crippen molar-refractivity contribution >= 4 is 29.3 Å². The predicted molar refractivity (Wildman–Crippen MR) is 113 cm³/mol. The smallest absolute Gasteiger partial charge is 0.357 e. The summed E-state index contributed by atoms with van der Waals surface area (Å²) in [4.78, 5) is 27.4. The van der Waals surface area contributed by atoms with Crippen molar-refractivity contribution in [3.8, 4) is 0 Å². The molecule has 184 valence electrons. The van der Waals surface area contributed by atoms with Gasteiger partial charge in [-0.05, 0) is 41.6 Å². The van der Waals surface area contributed by atoms with Gasteiger partial charge in [0.05, 0.1) is 0 Å². The molecular weight excluding hydrogens is 486 g/mol. The van der Waals surface area contributed by atoms with Gasteiger partial charge in [0.1, 0.15) is 6.04 Å². The highest BCUT2D eigenvalue weighted by Gasteiger charge is 2.73. The van der Waals surface area contributed by atoms with Gasteiger partial charge in [-0.1, -0.05) is 18.2 Å². The molecular formula is C22H20F6N2O3S. The number of methoxy groups -OCH3 is 1. The third kappa shape index (κ3) is 4.36. The molecule has 0 saturated carbocycles. The molecule has 0 aliphatic carbocycles. The van der Waals surface area contributed by atoms with Crippen LogP contribution in [0.2, 0.25) is 0 Å². The maximum atomic E-state index is 13.4. The van der Waals surface area contributed by atoms with Crippen LogP contribution < -0.4 is 5.32 Å². The van der Waals surface area contributed by atoms with Gasteiger partial charge in [0.15, 0.2) is 0 Å². The van der Waals surface area contributed by atoms with Crippen molar-refractivity contribution in [3.63, 3.8) is 0 Å². The number of benzene rings is 2. The Morgan fingerprint density at radius 1 is 1.03 bits per heavy atom. The Hall–Kier alpha value is -2.73. The van der Waals surface area contributed by atoms with Gasteiger partial charge in [0.2, 0.25) is 5.91 Å². The Kier molecular flexibility index (Phi) is 6.96. The number of thioether (sulfide) groups is 1. The molecule has 2 aromatic carbocycles. The van der Waals surface area contributed by atoms with Crippen LogP contribution in [0.4, 0.5) is 32.0 Å². The number of hydrogen-bond donors (Lipinski definition) is 1. The fourth-order valence-corrected chi connectivity index (χ4v) is 4.43. The quantitative estimate of drug-likeness (QED) is 0.435. The molecule has 2 amide bonds. The summed E-state index contributed by atoms with van der Waals surface area (Å²) >= 11 is 1.49. The van der Waals surface area contributed by atoms with Crippen molar-refractivity contribution in [3.05, 3.63) is 59.2 Å². The van der Waals surface area contributed by atoms with Crippen molar-refractivity contribution in [2.45, 2.75) is 42.4 Å². The zero-order chi connectivity index (χ0) is 25.5. The SMILES string of the molecule is COC(c1ccc(NC(=O)C2c3ccc(SC)cc3CN2C(C)=O)cc1)(C(F)(F)F)C(F)(F)F. The molecule has 0 saturated heterocycles. The van der Waals surface area contributed by atoms with Crippen LogP contribution in [0.5, 0.6) is 0 Å². The molecule has 1 unspecified atom stereocenters. The minimum atomic E-state index is -5.78. The molecule has 3 rings (SSSR count). The summed E-state index contributed by atoms with van der Waals surface area (Å²) in [6, 6.07) is 7.40. The average Bonchev–Trinajstić information content (AvgIpc) is 3.12. The Labute approximate surface area is 195 Å². The lowest BCUT2D eigenvalue weighted by Crippen LogP contribution is -2.55. The second kappa shape index (κ2) is 9.14. The third-order valence-corrected chi connectivity index (χ3v) is 6.34. The highest BCUT2D eigenvalue weighted by atomic mass is 32.2. The van der Waals surface area contributed by atoms with Crippen LogP contribution in [-0.2, 0) is 26.5 Å². The lowest BCUT2D eigenvalue weighted by molar-refractivity contribution is -0.383. The van der Waals surface area contributed by atoms with E-state index in [1.165, 1.54) is 23.6 Å². The Morgan fingerprint density at radius 3 is 2.09 bits per heavy atom. The Bertz CT molecular complexity index is 1070. The largest absolute Gasteiger partial charge is 0.430 e. The molecule has 0 aromatic heterocycles. The maximum absolute atomic E-state index is 13.4. The number of hydrogen-bond acceptors (Lipinski definition) is 4. The number of nitrogens with one attached hydrogen (secondary N) is 1. The molecule has 1 heterocycles. The highest BCUT2D eigenvalue weighted by Crippen LogP contribution is 2.52. The molecule has 0 bridgehead atoms. The van der Waals surface area contributed by atoms with E-state index in [0.29, 0.717) is 24.8 Å². The van der Waals surface area contributed by atoms with E-state index >= 15 is 0 Å². The van der Waals surface area contributed by atoms with Gasteiger partial charge in [-0.2, -0.15) is 26.3 Å². The van der Waals surface area contributed by atoms with E-state index in [0.717, 1.165) is 22.6 Å². The number of anilines is 1. The normalized spacial score (nSPS) is 16.4. The first-order valence-corrected chi connectivity index (χ1v) is 11.0. The number of rotatable bonds is 5. The first-order chi connectivity index (χ1) is 15.8. The van der Waals surface area contributed by atoms with E-state index < -0.39 is 35.5 Å². The summed E-state index contributed by atoms with van der Waals surface area (Å²) in [5.74, 6) is -1.01. The summed E-state index contributed by atoms with van der Waals surface area (Å²) < 4.78 is 84.6. The van der Waals surface area contributed by atoms with Crippen molar-refractivity contribution in [2.75, 3.05) is 18.7 Å². The minimum absolute atomic E-state index is 0.0409. The standard InChI is InChI=1S/C22H20F6N2O3S/c1-12(31)30-11-13-10-16(34-3)8-9-17(13)18(30)19(32)29-15-6-4-14(5-7-15)20(33-2,21(23,24)25)22(26,27)28/h4-10,18H,11H2,1-3H3,(H,29,32). The van der Waals surface area contributed by atoms with E-state index in [1.54, 1.807) is 12.1 Å². The van der Waals surface area contributed by atoms with E-state index in [9.17, 15) is 35.9 Å². The van der Waals surface area contributed by atoms with E-state index in [1.807, 2.05) is 12.3 Å². The molecule has 2 aromatic rings. The molecule has 5 nitrogen and oxygen atoms in total. The number of halogens is 6. The summed E-state index contributed by atoms with van der Waals surface area (Å²) in [5.41, 5.74) is -4.38. The molecule has 34 heavy (non-hydrogen) atoms. The van der Waals surface area contributed by atoms with Gasteiger partial charge < -0.3 is 15.0 Å². The van der Waals surface area contributed by atoms with Gasteiger partial charge in [0.25, 0.3) is 11.5 Å². The molecule has 0 radical (unpaired) electrons. The van der Waals surface area contributed by atoms with E-state index in [4.69, 9.17) is 0 Å². The van der Waals surface area contributed by atoms with Gasteiger partial charge in [-0.25, -0.2) is 0 Å². The van der Waals surface area contributed by atoms with Crippen molar-refractivity contribution in [1.29, 1.82) is 0 Å². The van der Waals surface area contributed by atoms with Gasteiger partial charge in [-0.3, -0.25) is 9.59 Å². The minimum Gasteiger partial charge on any atom is -0.357 e. The lowest BCUT2D eigenvalue weighted by Gasteiger charge is -2.36. The van der Waals surface area contributed by atoms with Crippen LogP contribution in [0.3, 0.4) is 0 Å². The number of amides is 2. The monoisotopic (exact) mass is 506 g/mol. The van der Waals surface area contributed by atoms with Gasteiger partial charge >= 0.3 is 12.4 Å². The van der Waals surface area contributed by atoms with Crippen LogP contribution in [0.25, 0.3) is 0 Å². The number of carbonyl (C=O) groups excluding carboxylic acids is 2. The zero-order valence-corrected chi connectivity index (χ0v) is 19.0. The molecule has 12 heteroatoms. The zero-order valence-electron chi connectivity index (χ0n) is 18.2. The van der Waals surface area contributed by atoms with Crippen LogP contribution >= 0.6 is 11.8 Å². The molecule has 1 aliphatic heterocycles. The van der Waals surface area contributed by atoms with Gasteiger partial charge in [0, 0.05) is 36.7 Å². The number of alkyl halides is 6. The molecule has 0 spiro atoms. The van der Waals surface area contributed by atoms with Crippen LogP contribution in [0.1, 0.15) is 29.7 Å². The molecule has 1 atom stereocenters. The average molecular weight is 506 g/mol. The predicted octanol–water partition coefficient (Wildman–Crippen LogP) is 5.42. The summed E-state index contributed by atoms with van der Waals surface area (Å²) in [6.45, 7) is 1.50. The first kappa shape index (κ1) is 25.9. The molecule has 0 fully saturated rings. The first-order valence-electron chi connectivity index (χ1n) is 9.81. The highest BCUT2D eigenvalue weighted by molar-refractivity contribution is 7.98. The topological polar surface area (TPSA) is 58.6 Å². The van der Waals surface area contributed by atoms with Crippen molar-refractivity contribution in [2.24, 2.45) is 0 Å². The maximum Gasteiger partial charge on any atom is 0.430 e. The number of nitrogens with zero attached hydrogens (tertiary/aromatic N) is 1. The fraction of sp³-hybridized carbons (Fsp3) is 0.364. The second-order valence-corrected chi connectivity index (χ2v) is 8.44. The lowest BCUT2D eigenvalue weighted by atomic mass is 9.91. The van der Waals surface area contributed by atoms with Gasteiger partial charge in [-0.15, -0.1) is 11.8 Å². The number of fused-ring (bicyclic) bond motifs is 1. The fourth-order valence-electron chi connectivity index (χ4n) is 3.97. The van der Waals surface area contributed by atoms with Crippen LogP contribution in [0.15, 0.2) is 47.4 Å².